The summed E-state index contributed by atoms with van der Waals surface area (Å²) < 4.78 is 31.6. The van der Waals surface area contributed by atoms with Crippen molar-refractivity contribution in [2.24, 2.45) is 5.92 Å². The third kappa shape index (κ3) is 0.764. The second kappa shape index (κ2) is 1.94. The lowest BCUT2D eigenvalue weighted by Gasteiger charge is -2.06. The van der Waals surface area contributed by atoms with Crippen LogP contribution in [0.1, 0.15) is 10.5 Å². The number of fused-ring (bicyclic) bond motifs is 1. The number of ether oxygens (including phenoxy) is 2. The van der Waals surface area contributed by atoms with Crippen molar-refractivity contribution in [3.8, 4) is 0 Å². The van der Waals surface area contributed by atoms with E-state index in [1.807, 2.05) is 0 Å². The Balaban J connectivity index is 2.29. The Kier molecular flexibility index (Phi) is 0.715. The van der Waals surface area contributed by atoms with Crippen LogP contribution in [0, 0.1) is 5.92 Å². The minimum absolute atomic E-state index is 0.423. The second-order valence-corrected chi connectivity index (χ2v) is 2.24. The zero-order valence-electron chi connectivity index (χ0n) is 7.83. The molecule has 0 bridgehead atoms. The SMILES string of the molecule is [2H]C1([2H])O[C@H]2OCC[C@H]2[C@@]1([2H])O. The highest BCUT2D eigenvalue weighted by atomic mass is 16.7. The van der Waals surface area contributed by atoms with E-state index in [1.54, 1.807) is 0 Å². The summed E-state index contributed by atoms with van der Waals surface area (Å²) in [5, 5.41) is 9.48. The highest BCUT2D eigenvalue weighted by molar-refractivity contribution is 4.81. The Morgan fingerprint density at radius 3 is 3.33 bits per heavy atom. The maximum absolute atomic E-state index is 9.48. The normalized spacial score (nSPS) is 68.3. The zero-order valence-corrected chi connectivity index (χ0v) is 4.83. The quantitative estimate of drug-likeness (QED) is 0.495. The average molecular weight is 133 g/mol. The first-order chi connectivity index (χ1) is 5.45. The van der Waals surface area contributed by atoms with Crippen molar-refractivity contribution in [3.63, 3.8) is 0 Å². The fourth-order valence-electron chi connectivity index (χ4n) is 1.14. The van der Waals surface area contributed by atoms with Gasteiger partial charge in [0.1, 0.15) is 0 Å². The second-order valence-electron chi connectivity index (χ2n) is 2.24. The van der Waals surface area contributed by atoms with Gasteiger partial charge in [0.15, 0.2) is 6.29 Å². The Bertz CT molecular complexity index is 206. The van der Waals surface area contributed by atoms with Crippen LogP contribution in [0.25, 0.3) is 0 Å². The van der Waals surface area contributed by atoms with Crippen LogP contribution in [-0.4, -0.2) is 30.6 Å². The van der Waals surface area contributed by atoms with Crippen LogP contribution < -0.4 is 0 Å². The van der Waals surface area contributed by atoms with Gasteiger partial charge in [0, 0.05) is 5.92 Å². The van der Waals surface area contributed by atoms with Crippen molar-refractivity contribution < 1.29 is 18.7 Å². The van der Waals surface area contributed by atoms with Gasteiger partial charge >= 0.3 is 0 Å². The lowest BCUT2D eigenvalue weighted by Crippen LogP contribution is -2.18. The van der Waals surface area contributed by atoms with E-state index in [1.165, 1.54) is 0 Å². The van der Waals surface area contributed by atoms with Crippen molar-refractivity contribution in [2.45, 2.75) is 18.8 Å². The molecule has 52 valence electrons. The van der Waals surface area contributed by atoms with Crippen LogP contribution in [0.3, 0.4) is 0 Å². The summed E-state index contributed by atoms with van der Waals surface area (Å²) in [5.74, 6) is -0.563. The molecule has 9 heavy (non-hydrogen) atoms. The van der Waals surface area contributed by atoms with Crippen LogP contribution >= 0.6 is 0 Å². The molecule has 0 saturated carbocycles. The highest BCUT2D eigenvalue weighted by Gasteiger charge is 2.40. The van der Waals surface area contributed by atoms with E-state index in [9.17, 15) is 5.11 Å². The molecular weight excluding hydrogens is 120 g/mol. The largest absolute Gasteiger partial charge is 0.390 e. The summed E-state index contributed by atoms with van der Waals surface area (Å²) in [7, 11) is 0. The Morgan fingerprint density at radius 2 is 2.56 bits per heavy atom. The smallest absolute Gasteiger partial charge is 0.163 e. The number of hydrogen-bond donors (Lipinski definition) is 1. The van der Waals surface area contributed by atoms with Gasteiger partial charge < -0.3 is 14.6 Å². The van der Waals surface area contributed by atoms with Crippen molar-refractivity contribution >= 4 is 0 Å². The molecular formula is C6H10O3. The maximum atomic E-state index is 9.48. The van der Waals surface area contributed by atoms with E-state index in [-0.39, 0.29) is 0 Å². The van der Waals surface area contributed by atoms with Gasteiger partial charge in [-0.25, -0.2) is 0 Å². The summed E-state index contributed by atoms with van der Waals surface area (Å²) in [6, 6.07) is 0. The first-order valence-electron chi connectivity index (χ1n) is 4.47. The summed E-state index contributed by atoms with van der Waals surface area (Å²) in [4.78, 5) is 0. The molecule has 0 radical (unpaired) electrons. The molecule has 2 fully saturated rings. The molecule has 0 unspecified atom stereocenters. The van der Waals surface area contributed by atoms with Crippen molar-refractivity contribution in [1.82, 2.24) is 0 Å². The first kappa shape index (κ1) is 3.32. The molecule has 0 aromatic carbocycles. The number of hydrogen-bond acceptors (Lipinski definition) is 3. The standard InChI is InChI=1S/C6H10O3/c7-5-3-9-6-4(5)1-2-8-6/h4-7H,1-3H2/t4-,5-,6+/m0/s1/i3D2,5D. The van der Waals surface area contributed by atoms with Gasteiger partial charge in [-0.1, -0.05) is 0 Å². The molecule has 2 rings (SSSR count). The molecule has 3 atom stereocenters. The monoisotopic (exact) mass is 133 g/mol. The van der Waals surface area contributed by atoms with Gasteiger partial charge in [0.2, 0.25) is 0 Å². The van der Waals surface area contributed by atoms with Gasteiger partial charge in [0.25, 0.3) is 0 Å². The highest BCUT2D eigenvalue weighted by Crippen LogP contribution is 2.30. The van der Waals surface area contributed by atoms with Crippen LogP contribution in [0.15, 0.2) is 0 Å². The molecule has 3 heteroatoms. The molecule has 2 aliphatic rings. The van der Waals surface area contributed by atoms with Gasteiger partial charge in [-0.05, 0) is 6.42 Å². The molecule has 0 amide bonds. The van der Waals surface area contributed by atoms with Crippen LogP contribution in [0.2, 0.25) is 0 Å². The van der Waals surface area contributed by atoms with Gasteiger partial charge in [-0.2, -0.15) is 0 Å². The molecule has 2 aliphatic heterocycles. The topological polar surface area (TPSA) is 38.7 Å². The van der Waals surface area contributed by atoms with Crippen LogP contribution in [0.4, 0.5) is 0 Å². The van der Waals surface area contributed by atoms with Crippen LogP contribution in [0.5, 0.6) is 0 Å². The predicted octanol–water partition coefficient (Wildman–Crippen LogP) is -0.260. The molecule has 2 saturated heterocycles. The van der Waals surface area contributed by atoms with E-state index in [4.69, 9.17) is 13.6 Å². The average Bonchev–Trinajstić information content (AvgIpc) is 2.39. The minimum Gasteiger partial charge on any atom is -0.390 e. The van der Waals surface area contributed by atoms with E-state index in [0.717, 1.165) is 0 Å². The lowest BCUT2D eigenvalue weighted by atomic mass is 10.0. The molecule has 0 aromatic rings. The molecule has 1 N–H and O–H groups in total. The summed E-state index contributed by atoms with van der Waals surface area (Å²) in [6.45, 7) is -1.89. The van der Waals surface area contributed by atoms with Crippen molar-refractivity contribution in [3.05, 3.63) is 0 Å². The van der Waals surface area contributed by atoms with Gasteiger partial charge in [-0.15, -0.1) is 0 Å². The van der Waals surface area contributed by atoms with E-state index < -0.39 is 24.8 Å². The third-order valence-electron chi connectivity index (χ3n) is 1.67. The fourth-order valence-corrected chi connectivity index (χ4v) is 1.14. The van der Waals surface area contributed by atoms with E-state index >= 15 is 0 Å². The molecule has 0 aromatic heterocycles. The lowest BCUT2D eigenvalue weighted by molar-refractivity contribution is -0.0907. The van der Waals surface area contributed by atoms with E-state index in [2.05, 4.69) is 0 Å². The summed E-state index contributed by atoms with van der Waals surface area (Å²) in [6.07, 6.45) is -2.44. The van der Waals surface area contributed by atoms with Gasteiger partial charge in [0.05, 0.1) is 23.4 Å². The fraction of sp³-hybridized carbons (Fsp3) is 1.00. The van der Waals surface area contributed by atoms with Crippen molar-refractivity contribution in [2.75, 3.05) is 13.2 Å². The number of aliphatic hydroxyl groups is 1. The zero-order chi connectivity index (χ0) is 8.98. The maximum Gasteiger partial charge on any atom is 0.163 e. The summed E-state index contributed by atoms with van der Waals surface area (Å²) >= 11 is 0. The summed E-state index contributed by atoms with van der Waals surface area (Å²) in [5.41, 5.74) is 0. The van der Waals surface area contributed by atoms with Gasteiger partial charge in [-0.3, -0.25) is 0 Å². The minimum atomic E-state index is -2.32. The Morgan fingerprint density at radius 1 is 1.67 bits per heavy atom. The van der Waals surface area contributed by atoms with E-state index in [0.29, 0.717) is 13.0 Å². The number of rotatable bonds is 0. The van der Waals surface area contributed by atoms with Crippen LogP contribution in [-0.2, 0) is 9.47 Å². The predicted molar refractivity (Wildman–Crippen MR) is 29.8 cm³/mol. The Hall–Kier alpha value is -0.120. The molecule has 3 nitrogen and oxygen atoms in total. The van der Waals surface area contributed by atoms with Crippen molar-refractivity contribution in [1.29, 1.82) is 0 Å². The third-order valence-corrected chi connectivity index (χ3v) is 1.67. The molecule has 0 aliphatic carbocycles. The Labute approximate surface area is 57.8 Å². The first-order valence-corrected chi connectivity index (χ1v) is 2.97. The molecule has 0 spiro atoms. The molecule has 2 heterocycles.